The first-order valence-electron chi connectivity index (χ1n) is 8.78. The van der Waals surface area contributed by atoms with E-state index in [0.29, 0.717) is 18.0 Å². The van der Waals surface area contributed by atoms with Gasteiger partial charge in [0, 0.05) is 11.8 Å². The van der Waals surface area contributed by atoms with Crippen LogP contribution in [0.15, 0.2) is 60.9 Å². The molecule has 0 radical (unpaired) electrons. The second kappa shape index (κ2) is 6.29. The number of rotatable bonds is 5. The molecule has 0 fully saturated rings. The van der Waals surface area contributed by atoms with E-state index >= 15 is 0 Å². The number of hydrogen-bond acceptors (Lipinski definition) is 4. The smallest absolute Gasteiger partial charge is 0.298 e. The Hall–Kier alpha value is -3.60. The van der Waals surface area contributed by atoms with Crippen molar-refractivity contribution in [3.05, 3.63) is 72.1 Å². The summed E-state index contributed by atoms with van der Waals surface area (Å²) in [7, 11) is 0. The summed E-state index contributed by atoms with van der Waals surface area (Å²) >= 11 is 0. The number of aromatic amines is 1. The molecule has 0 saturated heterocycles. The Morgan fingerprint density at radius 1 is 0.963 bits per heavy atom. The Labute approximate surface area is 155 Å². The molecular weight excluding hydrogens is 340 g/mol. The monoisotopic (exact) mass is 356 g/mol. The van der Waals surface area contributed by atoms with Gasteiger partial charge in [-0.1, -0.05) is 24.3 Å². The third-order valence-electron chi connectivity index (χ3n) is 4.96. The lowest BCUT2D eigenvalue weighted by atomic mass is 10.0. The van der Waals surface area contributed by atoms with Crippen LogP contribution in [-0.4, -0.2) is 16.7 Å². The van der Waals surface area contributed by atoms with Crippen LogP contribution in [0.3, 0.4) is 0 Å². The van der Waals surface area contributed by atoms with Crippen molar-refractivity contribution in [1.29, 1.82) is 0 Å². The second-order valence-corrected chi connectivity index (χ2v) is 6.56. The van der Waals surface area contributed by atoms with E-state index in [9.17, 15) is 4.79 Å². The van der Waals surface area contributed by atoms with E-state index in [-0.39, 0.29) is 0 Å². The Kier molecular flexibility index (Phi) is 3.64. The van der Waals surface area contributed by atoms with Crippen molar-refractivity contribution in [1.82, 2.24) is 10.2 Å². The van der Waals surface area contributed by atoms with Gasteiger partial charge in [-0.05, 0) is 64.6 Å². The predicted molar refractivity (Wildman–Crippen MR) is 102 cm³/mol. The minimum atomic E-state index is 0.369. The Bertz CT molecular complexity index is 1150. The molecule has 0 atom stereocenters. The molecule has 4 aromatic rings. The number of hydrogen-bond donors (Lipinski definition) is 1. The zero-order valence-corrected chi connectivity index (χ0v) is 14.4. The first kappa shape index (κ1) is 15.6. The standard InChI is InChI=1S/C22H16N2O3/c25-13-26-21-10-15(18-11-23-24-12-18)6-7-20(21)27-19-8-16-3-1-2-14-4-5-17(9-19)22(14)16/h1-3,6-13H,4-5H2,(H,23,24). The summed E-state index contributed by atoms with van der Waals surface area (Å²) in [5.41, 5.74) is 4.48. The number of aromatic nitrogens is 2. The highest BCUT2D eigenvalue weighted by molar-refractivity contribution is 5.92. The van der Waals surface area contributed by atoms with Gasteiger partial charge in [-0.3, -0.25) is 9.89 Å². The molecule has 1 aromatic heterocycles. The van der Waals surface area contributed by atoms with Gasteiger partial charge in [-0.15, -0.1) is 0 Å². The fraction of sp³-hybridized carbons (Fsp3) is 0.0909. The number of carbonyl (C=O) groups is 1. The number of nitrogens with one attached hydrogen (secondary N) is 1. The van der Waals surface area contributed by atoms with Crippen LogP contribution in [0.5, 0.6) is 17.2 Å². The highest BCUT2D eigenvalue weighted by Crippen LogP contribution is 2.39. The van der Waals surface area contributed by atoms with E-state index < -0.39 is 0 Å². The van der Waals surface area contributed by atoms with Crippen LogP contribution in [-0.2, 0) is 17.6 Å². The van der Waals surface area contributed by atoms with Crippen LogP contribution in [0, 0.1) is 0 Å². The molecule has 132 valence electrons. The predicted octanol–water partition coefficient (Wildman–Crippen LogP) is 4.66. The molecule has 1 heterocycles. The second-order valence-electron chi connectivity index (χ2n) is 6.56. The lowest BCUT2D eigenvalue weighted by Crippen LogP contribution is -1.94. The van der Waals surface area contributed by atoms with Crippen LogP contribution in [0.2, 0.25) is 0 Å². The quantitative estimate of drug-likeness (QED) is 0.529. The first-order valence-corrected chi connectivity index (χ1v) is 8.78. The van der Waals surface area contributed by atoms with Crippen molar-refractivity contribution in [2.45, 2.75) is 12.8 Å². The summed E-state index contributed by atoms with van der Waals surface area (Å²) < 4.78 is 11.3. The average molecular weight is 356 g/mol. The highest BCUT2D eigenvalue weighted by atomic mass is 16.5. The highest BCUT2D eigenvalue weighted by Gasteiger charge is 2.16. The minimum Gasteiger partial charge on any atom is -0.453 e. The van der Waals surface area contributed by atoms with Crippen LogP contribution >= 0.6 is 0 Å². The molecule has 0 unspecified atom stereocenters. The van der Waals surface area contributed by atoms with E-state index in [1.807, 2.05) is 12.1 Å². The molecule has 5 heteroatoms. The van der Waals surface area contributed by atoms with Gasteiger partial charge in [0.05, 0.1) is 6.20 Å². The molecule has 5 nitrogen and oxygen atoms in total. The molecule has 0 amide bonds. The van der Waals surface area contributed by atoms with E-state index in [0.717, 1.165) is 29.7 Å². The van der Waals surface area contributed by atoms with Crippen LogP contribution in [0.1, 0.15) is 11.1 Å². The maximum Gasteiger partial charge on any atom is 0.298 e. The Balaban J connectivity index is 1.54. The number of ether oxygens (including phenoxy) is 2. The largest absolute Gasteiger partial charge is 0.453 e. The molecule has 1 aliphatic rings. The summed E-state index contributed by atoms with van der Waals surface area (Å²) in [6, 6.07) is 16.0. The van der Waals surface area contributed by atoms with Crippen molar-refractivity contribution in [2.24, 2.45) is 0 Å². The molecule has 1 N–H and O–H groups in total. The van der Waals surface area contributed by atoms with Gasteiger partial charge in [0.25, 0.3) is 6.47 Å². The molecule has 1 aliphatic carbocycles. The van der Waals surface area contributed by atoms with Crippen LogP contribution in [0.25, 0.3) is 21.9 Å². The fourth-order valence-corrected chi connectivity index (χ4v) is 3.76. The van der Waals surface area contributed by atoms with Gasteiger partial charge in [-0.25, -0.2) is 0 Å². The third kappa shape index (κ3) is 2.73. The molecule has 5 rings (SSSR count). The Morgan fingerprint density at radius 3 is 2.74 bits per heavy atom. The summed E-state index contributed by atoms with van der Waals surface area (Å²) in [4.78, 5) is 11.0. The minimum absolute atomic E-state index is 0.369. The van der Waals surface area contributed by atoms with E-state index in [1.165, 1.54) is 21.9 Å². The van der Waals surface area contributed by atoms with Gasteiger partial charge in [-0.2, -0.15) is 5.10 Å². The van der Waals surface area contributed by atoms with Crippen molar-refractivity contribution in [2.75, 3.05) is 0 Å². The first-order chi connectivity index (χ1) is 13.3. The van der Waals surface area contributed by atoms with Gasteiger partial charge in [0.2, 0.25) is 0 Å². The van der Waals surface area contributed by atoms with Crippen molar-refractivity contribution >= 4 is 17.2 Å². The zero-order chi connectivity index (χ0) is 18.2. The summed E-state index contributed by atoms with van der Waals surface area (Å²) in [5.74, 6) is 1.60. The van der Waals surface area contributed by atoms with E-state index in [1.54, 1.807) is 24.5 Å². The SMILES string of the molecule is O=COc1cc(-c2cn[nH]c2)ccc1Oc1cc2c3c(cccc3c1)CC2. The maximum atomic E-state index is 11.0. The van der Waals surface area contributed by atoms with E-state index in [4.69, 9.17) is 9.47 Å². The zero-order valence-electron chi connectivity index (χ0n) is 14.4. The normalized spacial score (nSPS) is 12.3. The molecular formula is C22H16N2O3. The van der Waals surface area contributed by atoms with Crippen LogP contribution in [0.4, 0.5) is 0 Å². The topological polar surface area (TPSA) is 64.2 Å². The lowest BCUT2D eigenvalue weighted by Gasteiger charge is -2.12. The summed E-state index contributed by atoms with van der Waals surface area (Å²) in [6.45, 7) is 0.410. The molecule has 0 aliphatic heterocycles. The lowest BCUT2D eigenvalue weighted by molar-refractivity contribution is -0.120. The molecule has 3 aromatic carbocycles. The summed E-state index contributed by atoms with van der Waals surface area (Å²) in [6.07, 6.45) is 5.58. The van der Waals surface area contributed by atoms with Crippen LogP contribution < -0.4 is 9.47 Å². The van der Waals surface area contributed by atoms with E-state index in [2.05, 4.69) is 34.5 Å². The van der Waals surface area contributed by atoms with Gasteiger partial charge in [0.15, 0.2) is 11.5 Å². The van der Waals surface area contributed by atoms with Gasteiger partial charge < -0.3 is 9.47 Å². The number of carbonyl (C=O) groups excluding carboxylic acids is 1. The number of H-pyrrole nitrogens is 1. The molecule has 0 saturated carbocycles. The number of aryl methyl sites for hydroxylation is 2. The number of benzene rings is 3. The van der Waals surface area contributed by atoms with Crippen molar-refractivity contribution in [3.8, 4) is 28.4 Å². The maximum absolute atomic E-state index is 11.0. The fourth-order valence-electron chi connectivity index (χ4n) is 3.76. The van der Waals surface area contributed by atoms with Gasteiger partial charge >= 0.3 is 0 Å². The van der Waals surface area contributed by atoms with Crippen molar-refractivity contribution < 1.29 is 14.3 Å². The van der Waals surface area contributed by atoms with Crippen molar-refractivity contribution in [3.63, 3.8) is 0 Å². The third-order valence-corrected chi connectivity index (χ3v) is 4.96. The average Bonchev–Trinajstić information content (AvgIpc) is 3.35. The molecule has 0 bridgehead atoms. The van der Waals surface area contributed by atoms with Gasteiger partial charge in [0.1, 0.15) is 5.75 Å². The number of nitrogens with zero attached hydrogens (tertiary/aromatic N) is 1. The Morgan fingerprint density at radius 2 is 1.89 bits per heavy atom. The summed E-state index contributed by atoms with van der Waals surface area (Å²) in [5, 5.41) is 9.24. The molecule has 0 spiro atoms. The molecule has 27 heavy (non-hydrogen) atoms.